The third-order valence-electron chi connectivity index (χ3n) is 11.0. The Hall–Kier alpha value is -5.13. The van der Waals surface area contributed by atoms with Crippen molar-refractivity contribution >= 4 is 24.5 Å². The Morgan fingerprint density at radius 1 is 0.604 bits per heavy atom. The molecule has 1 aliphatic rings. The molecule has 3 atom stereocenters. The topological polar surface area (TPSA) is 35.5 Å². The molecule has 4 heteroatoms. The molecule has 7 rings (SSSR count). The number of rotatable bonds is 12. The van der Waals surface area contributed by atoms with Gasteiger partial charge in [-0.05, 0) is 38.5 Å². The van der Waals surface area contributed by atoms with E-state index >= 15 is 0 Å². The number of carbonyl (C=O) groups excluding carboxylic acids is 1. The van der Waals surface area contributed by atoms with E-state index in [1.54, 1.807) is 0 Å². The number of benzene rings is 6. The molecule has 3 unspecified atom stereocenters. The lowest BCUT2D eigenvalue weighted by Crippen LogP contribution is -2.68. The van der Waals surface area contributed by atoms with Crippen LogP contribution in [0.1, 0.15) is 54.2 Å². The zero-order valence-corrected chi connectivity index (χ0v) is 31.9. The van der Waals surface area contributed by atoms with Crippen molar-refractivity contribution in [2.24, 2.45) is 11.8 Å². The van der Waals surface area contributed by atoms with Gasteiger partial charge in [0.25, 0.3) is 8.32 Å². The van der Waals surface area contributed by atoms with Crippen LogP contribution in [0.25, 0.3) is 0 Å². The van der Waals surface area contributed by atoms with Crippen molar-refractivity contribution in [3.63, 3.8) is 0 Å². The van der Waals surface area contributed by atoms with Gasteiger partial charge in [-0.2, -0.15) is 0 Å². The maximum Gasteiger partial charge on any atom is 0.261 e. The van der Waals surface area contributed by atoms with Crippen LogP contribution in [-0.4, -0.2) is 26.8 Å². The number of ether oxygens (including phenoxy) is 1. The third-order valence-corrected chi connectivity index (χ3v) is 16.0. The number of carbonyl (C=O) groups is 1. The first-order chi connectivity index (χ1) is 25.8. The zero-order chi connectivity index (χ0) is 36.9. The summed E-state index contributed by atoms with van der Waals surface area (Å²) in [6.07, 6.45) is 0.201. The first kappa shape index (κ1) is 36.2. The van der Waals surface area contributed by atoms with Crippen molar-refractivity contribution in [2.75, 3.05) is 6.61 Å². The minimum absolute atomic E-state index is 0.0783. The van der Waals surface area contributed by atoms with Crippen molar-refractivity contribution in [3.05, 3.63) is 216 Å². The SMILES string of the molecule is C=C1C(C(=O)c2ccccc2)CC(O[Si](c2ccccc2)(c2ccccc2)C(C)(C)C)C1COC(c1ccccc1)(c1ccccc1)c1ccccc1. The molecule has 1 saturated carbocycles. The van der Waals surface area contributed by atoms with E-state index in [1.165, 1.54) is 10.4 Å². The van der Waals surface area contributed by atoms with Crippen molar-refractivity contribution in [3.8, 4) is 0 Å². The first-order valence-corrected chi connectivity index (χ1v) is 20.5. The smallest absolute Gasteiger partial charge is 0.261 e. The molecule has 0 spiro atoms. The van der Waals surface area contributed by atoms with Crippen LogP contribution in [0, 0.1) is 11.8 Å². The maximum atomic E-state index is 14.4. The fraction of sp³-hybridized carbons (Fsp3) is 0.204. The molecule has 0 radical (unpaired) electrons. The lowest BCUT2D eigenvalue weighted by atomic mass is 9.80. The lowest BCUT2D eigenvalue weighted by Gasteiger charge is -2.46. The quantitative estimate of drug-likeness (QED) is 0.0549. The van der Waals surface area contributed by atoms with Gasteiger partial charge in [0, 0.05) is 17.4 Å². The Labute approximate surface area is 316 Å². The molecule has 0 N–H and O–H groups in total. The highest BCUT2D eigenvalue weighted by molar-refractivity contribution is 6.99. The highest BCUT2D eigenvalue weighted by Gasteiger charge is 2.55. The Morgan fingerprint density at radius 2 is 0.981 bits per heavy atom. The molecular formula is C49H48O3Si. The fourth-order valence-corrected chi connectivity index (χ4v) is 13.1. The van der Waals surface area contributed by atoms with Crippen molar-refractivity contribution in [1.29, 1.82) is 0 Å². The van der Waals surface area contributed by atoms with Crippen molar-refractivity contribution < 1.29 is 14.0 Å². The fourth-order valence-electron chi connectivity index (χ4n) is 8.37. The van der Waals surface area contributed by atoms with Crippen molar-refractivity contribution in [2.45, 2.75) is 43.9 Å². The van der Waals surface area contributed by atoms with Crippen LogP contribution < -0.4 is 10.4 Å². The van der Waals surface area contributed by atoms with E-state index in [0.29, 0.717) is 18.6 Å². The molecule has 0 saturated heterocycles. The molecule has 53 heavy (non-hydrogen) atoms. The molecule has 6 aromatic carbocycles. The average Bonchev–Trinajstić information content (AvgIpc) is 3.52. The summed E-state index contributed by atoms with van der Waals surface area (Å²) in [4.78, 5) is 14.4. The molecule has 0 aliphatic heterocycles. The van der Waals surface area contributed by atoms with Gasteiger partial charge in [0.1, 0.15) is 5.60 Å². The molecular weight excluding hydrogens is 665 g/mol. The summed E-state index contributed by atoms with van der Waals surface area (Å²) in [5.74, 6) is -0.590. The molecule has 6 aromatic rings. The lowest BCUT2D eigenvalue weighted by molar-refractivity contribution is -0.0197. The van der Waals surface area contributed by atoms with E-state index in [0.717, 1.165) is 22.3 Å². The predicted molar refractivity (Wildman–Crippen MR) is 219 cm³/mol. The van der Waals surface area contributed by atoms with Crippen LogP contribution in [0.2, 0.25) is 5.04 Å². The van der Waals surface area contributed by atoms with E-state index in [2.05, 4.69) is 154 Å². The van der Waals surface area contributed by atoms with Gasteiger partial charge in [-0.15, -0.1) is 0 Å². The molecule has 266 valence electrons. The Kier molecular flexibility index (Phi) is 10.6. The number of ketones is 1. The Morgan fingerprint density at radius 3 is 1.38 bits per heavy atom. The highest BCUT2D eigenvalue weighted by atomic mass is 28.4. The molecule has 0 heterocycles. The maximum absolute atomic E-state index is 14.4. The normalized spacial score (nSPS) is 17.8. The zero-order valence-electron chi connectivity index (χ0n) is 30.9. The standard InChI is InChI=1S/C49H48O3Si/c1-37-44(47(50)38-23-11-5-12-24-38)35-46(52-53(48(2,3)4,42-31-19-9-20-32-42)43-33-21-10-22-34-43)45(37)36-51-49(39-25-13-6-14-26-39,40-27-15-7-16-28-40)41-29-17-8-18-30-41/h5-34,44-46H,1,35-36H2,2-4H3. The predicted octanol–water partition coefficient (Wildman–Crippen LogP) is 10.0. The molecule has 1 fully saturated rings. The number of hydrogen-bond acceptors (Lipinski definition) is 3. The van der Waals surface area contributed by atoms with E-state index in [-0.39, 0.29) is 22.8 Å². The molecule has 0 aromatic heterocycles. The molecule has 0 amide bonds. The van der Waals surface area contributed by atoms with Crippen LogP contribution in [0.4, 0.5) is 0 Å². The molecule has 3 nitrogen and oxygen atoms in total. The van der Waals surface area contributed by atoms with Gasteiger partial charge in [0.05, 0.1) is 12.7 Å². The van der Waals surface area contributed by atoms with Gasteiger partial charge in [0.2, 0.25) is 0 Å². The monoisotopic (exact) mass is 712 g/mol. The van der Waals surface area contributed by atoms with Crippen LogP contribution in [0.3, 0.4) is 0 Å². The van der Waals surface area contributed by atoms with Gasteiger partial charge in [-0.25, -0.2) is 0 Å². The van der Waals surface area contributed by atoms with Gasteiger partial charge >= 0.3 is 0 Å². The second kappa shape index (κ2) is 15.5. The summed E-state index contributed by atoms with van der Waals surface area (Å²) < 4.78 is 15.3. The Bertz CT molecular complexity index is 1960. The highest BCUT2D eigenvalue weighted by Crippen LogP contribution is 2.47. The number of Topliss-reactive ketones (excluding diaryl/α,β-unsaturated/α-hetero) is 1. The van der Waals surface area contributed by atoms with Crippen LogP contribution in [0.5, 0.6) is 0 Å². The van der Waals surface area contributed by atoms with Crippen LogP contribution in [-0.2, 0) is 14.8 Å². The van der Waals surface area contributed by atoms with Crippen LogP contribution in [0.15, 0.2) is 194 Å². The minimum atomic E-state index is -3.00. The molecule has 0 bridgehead atoms. The van der Waals surface area contributed by atoms with E-state index < -0.39 is 19.8 Å². The summed E-state index contributed by atoms with van der Waals surface area (Å²) in [5, 5.41) is 2.16. The summed E-state index contributed by atoms with van der Waals surface area (Å²) in [6.45, 7) is 11.9. The minimum Gasteiger partial charge on any atom is -0.404 e. The summed E-state index contributed by atoms with van der Waals surface area (Å²) in [6, 6.07) is 62.4. The Balaban J connectivity index is 1.37. The molecule has 1 aliphatic carbocycles. The summed E-state index contributed by atoms with van der Waals surface area (Å²) in [7, 11) is -3.00. The van der Waals surface area contributed by atoms with Gasteiger partial charge in [-0.1, -0.05) is 215 Å². The van der Waals surface area contributed by atoms with E-state index in [9.17, 15) is 4.79 Å². The summed E-state index contributed by atoms with van der Waals surface area (Å²) >= 11 is 0. The van der Waals surface area contributed by atoms with Crippen LogP contribution >= 0.6 is 0 Å². The van der Waals surface area contributed by atoms with E-state index in [4.69, 9.17) is 15.7 Å². The second-order valence-electron chi connectivity index (χ2n) is 15.1. The van der Waals surface area contributed by atoms with E-state index in [1.807, 2.05) is 48.5 Å². The van der Waals surface area contributed by atoms with Crippen molar-refractivity contribution in [1.82, 2.24) is 0 Å². The third kappa shape index (κ3) is 6.91. The van der Waals surface area contributed by atoms with Gasteiger partial charge in [-0.3, -0.25) is 4.79 Å². The first-order valence-electron chi connectivity index (χ1n) is 18.6. The van der Waals surface area contributed by atoms with Gasteiger partial charge in [0.15, 0.2) is 5.78 Å². The largest absolute Gasteiger partial charge is 0.404 e. The van der Waals surface area contributed by atoms with Gasteiger partial charge < -0.3 is 9.16 Å². The summed E-state index contributed by atoms with van der Waals surface area (Å²) in [5.41, 5.74) is 3.72. The average molecular weight is 713 g/mol. The second-order valence-corrected chi connectivity index (χ2v) is 19.4. The number of hydrogen-bond donors (Lipinski definition) is 0.